The van der Waals surface area contributed by atoms with E-state index in [0.29, 0.717) is 11.3 Å². The highest BCUT2D eigenvalue weighted by Crippen LogP contribution is 2.37. The number of nitrogens with zero attached hydrogens (tertiary/aromatic N) is 2. The van der Waals surface area contributed by atoms with Crippen LogP contribution in [0, 0.1) is 5.92 Å². The van der Waals surface area contributed by atoms with Crippen molar-refractivity contribution < 1.29 is 14.3 Å². The first-order valence-electron chi connectivity index (χ1n) is 8.30. The fourth-order valence-corrected chi connectivity index (χ4v) is 3.08. The average Bonchev–Trinajstić information content (AvgIpc) is 2.99. The number of phenolic OH excluding ortho intramolecular Hbond substituents is 1. The Kier molecular flexibility index (Phi) is 3.76. The van der Waals surface area contributed by atoms with E-state index in [4.69, 9.17) is 9.15 Å². The maximum atomic E-state index is 9.88. The third-order valence-electron chi connectivity index (χ3n) is 4.54. The molecular formula is C19H20N2O3. The lowest BCUT2D eigenvalue weighted by atomic mass is 9.98. The first-order chi connectivity index (χ1) is 11.7. The van der Waals surface area contributed by atoms with E-state index >= 15 is 0 Å². The normalized spacial score (nSPS) is 15.8. The number of hydrogen-bond donors (Lipinski definition) is 1. The molecule has 4 rings (SSSR count). The Morgan fingerprint density at radius 3 is 2.75 bits per heavy atom. The maximum absolute atomic E-state index is 9.88. The molecule has 5 heteroatoms. The molecule has 0 aliphatic carbocycles. The number of rotatable bonds is 3. The third-order valence-corrected chi connectivity index (χ3v) is 4.54. The van der Waals surface area contributed by atoms with Gasteiger partial charge in [-0.2, -0.15) is 4.98 Å². The Hall–Kier alpha value is -2.69. The van der Waals surface area contributed by atoms with Crippen LogP contribution in [-0.4, -0.2) is 23.2 Å². The van der Waals surface area contributed by atoms with E-state index in [1.165, 1.54) is 0 Å². The van der Waals surface area contributed by atoms with Crippen LogP contribution in [-0.2, 0) is 0 Å². The minimum absolute atomic E-state index is 0.216. The van der Waals surface area contributed by atoms with Crippen LogP contribution >= 0.6 is 0 Å². The van der Waals surface area contributed by atoms with Gasteiger partial charge in [0, 0.05) is 19.2 Å². The van der Waals surface area contributed by atoms with Crippen molar-refractivity contribution in [2.75, 3.05) is 18.0 Å². The van der Waals surface area contributed by atoms with Crippen molar-refractivity contribution in [2.45, 2.75) is 19.8 Å². The Morgan fingerprint density at radius 1 is 1.17 bits per heavy atom. The molecule has 5 nitrogen and oxygen atoms in total. The summed E-state index contributed by atoms with van der Waals surface area (Å²) in [6.07, 6.45) is 2.49. The van der Waals surface area contributed by atoms with Gasteiger partial charge in [0.15, 0.2) is 11.3 Å². The molecule has 0 unspecified atom stereocenters. The fourth-order valence-electron chi connectivity index (χ4n) is 3.08. The van der Waals surface area contributed by atoms with Gasteiger partial charge in [0.05, 0.1) is 5.69 Å². The average molecular weight is 324 g/mol. The summed E-state index contributed by atoms with van der Waals surface area (Å²) in [7, 11) is 0. The quantitative estimate of drug-likeness (QED) is 0.765. The van der Waals surface area contributed by atoms with E-state index in [1.807, 2.05) is 24.3 Å². The molecular weight excluding hydrogens is 304 g/mol. The molecule has 1 aliphatic heterocycles. The van der Waals surface area contributed by atoms with Gasteiger partial charge < -0.3 is 19.2 Å². The number of benzene rings is 2. The van der Waals surface area contributed by atoms with E-state index < -0.39 is 0 Å². The molecule has 0 amide bonds. The summed E-state index contributed by atoms with van der Waals surface area (Å²) in [5.41, 5.74) is 2.34. The molecule has 1 fully saturated rings. The maximum Gasteiger partial charge on any atom is 0.400 e. The van der Waals surface area contributed by atoms with Crippen molar-refractivity contribution in [3.63, 3.8) is 0 Å². The van der Waals surface area contributed by atoms with Crippen LogP contribution in [0.4, 0.5) is 5.69 Å². The van der Waals surface area contributed by atoms with Crippen molar-refractivity contribution in [2.24, 2.45) is 5.92 Å². The number of ether oxygens (including phenoxy) is 1. The lowest BCUT2D eigenvalue weighted by molar-refractivity contribution is 0.341. The van der Waals surface area contributed by atoms with Crippen LogP contribution in [0.2, 0.25) is 0 Å². The van der Waals surface area contributed by atoms with Gasteiger partial charge in [-0.1, -0.05) is 19.1 Å². The third kappa shape index (κ3) is 2.89. The summed E-state index contributed by atoms with van der Waals surface area (Å²) in [6.45, 7) is 4.18. The molecule has 2 aromatic carbocycles. The smallest absolute Gasteiger partial charge is 0.400 e. The number of fused-ring (bicyclic) bond motifs is 1. The van der Waals surface area contributed by atoms with Crippen molar-refractivity contribution in [3.8, 4) is 17.6 Å². The monoisotopic (exact) mass is 324 g/mol. The van der Waals surface area contributed by atoms with Crippen molar-refractivity contribution in [1.82, 2.24) is 4.98 Å². The number of oxazole rings is 1. The highest BCUT2D eigenvalue weighted by atomic mass is 16.6. The van der Waals surface area contributed by atoms with Gasteiger partial charge in [0.2, 0.25) is 0 Å². The van der Waals surface area contributed by atoms with Crippen LogP contribution in [0.3, 0.4) is 0 Å². The van der Waals surface area contributed by atoms with Crippen molar-refractivity contribution in [3.05, 3.63) is 42.5 Å². The van der Waals surface area contributed by atoms with Crippen molar-refractivity contribution in [1.29, 1.82) is 0 Å². The molecule has 3 aromatic rings. The van der Waals surface area contributed by atoms with Gasteiger partial charge in [0.1, 0.15) is 11.3 Å². The van der Waals surface area contributed by atoms with Crippen LogP contribution in [0.5, 0.6) is 17.6 Å². The highest BCUT2D eigenvalue weighted by Gasteiger charge is 2.21. The minimum Gasteiger partial charge on any atom is -0.508 e. The summed E-state index contributed by atoms with van der Waals surface area (Å²) in [5, 5.41) is 9.88. The molecule has 0 radical (unpaired) electrons. The Balaban J connectivity index is 1.64. The summed E-state index contributed by atoms with van der Waals surface area (Å²) < 4.78 is 11.5. The van der Waals surface area contributed by atoms with E-state index in [1.54, 1.807) is 18.2 Å². The summed E-state index contributed by atoms with van der Waals surface area (Å²) >= 11 is 0. The number of hydrogen-bond acceptors (Lipinski definition) is 5. The van der Waals surface area contributed by atoms with Gasteiger partial charge in [-0.05, 0) is 43.0 Å². The fraction of sp³-hybridized carbons (Fsp3) is 0.316. The zero-order valence-electron chi connectivity index (χ0n) is 13.6. The first kappa shape index (κ1) is 14.9. The zero-order valence-corrected chi connectivity index (χ0v) is 13.6. The van der Waals surface area contributed by atoms with E-state index in [0.717, 1.165) is 43.1 Å². The summed E-state index contributed by atoms with van der Waals surface area (Å²) in [4.78, 5) is 6.61. The predicted molar refractivity (Wildman–Crippen MR) is 92.8 cm³/mol. The van der Waals surface area contributed by atoms with Crippen LogP contribution in [0.25, 0.3) is 11.1 Å². The van der Waals surface area contributed by atoms with Crippen molar-refractivity contribution >= 4 is 16.8 Å². The lowest BCUT2D eigenvalue weighted by Crippen LogP contribution is -2.32. The first-order valence-corrected chi connectivity index (χ1v) is 8.30. The van der Waals surface area contributed by atoms with Gasteiger partial charge in [0.25, 0.3) is 0 Å². The van der Waals surface area contributed by atoms with Gasteiger partial charge in [-0.3, -0.25) is 0 Å². The lowest BCUT2D eigenvalue weighted by Gasteiger charge is -2.32. The molecule has 1 saturated heterocycles. The number of phenols is 1. The molecule has 0 atom stereocenters. The largest absolute Gasteiger partial charge is 0.508 e. The number of aromatic nitrogens is 1. The zero-order chi connectivity index (χ0) is 16.5. The van der Waals surface area contributed by atoms with Crippen LogP contribution < -0.4 is 9.64 Å². The molecule has 24 heavy (non-hydrogen) atoms. The highest BCUT2D eigenvalue weighted by molar-refractivity contribution is 5.73. The second kappa shape index (κ2) is 6.07. The Morgan fingerprint density at radius 2 is 1.96 bits per heavy atom. The molecule has 2 heterocycles. The molecule has 1 aliphatic rings. The summed E-state index contributed by atoms with van der Waals surface area (Å²) in [5.74, 6) is 1.61. The van der Waals surface area contributed by atoms with Gasteiger partial charge >= 0.3 is 6.08 Å². The molecule has 1 N–H and O–H groups in total. The van der Waals surface area contributed by atoms with Crippen LogP contribution in [0.1, 0.15) is 19.8 Å². The van der Waals surface area contributed by atoms with Gasteiger partial charge in [-0.15, -0.1) is 0 Å². The molecule has 0 spiro atoms. The Bertz CT molecular complexity index is 818. The topological polar surface area (TPSA) is 58.7 Å². The second-order valence-corrected chi connectivity index (χ2v) is 6.37. The van der Waals surface area contributed by atoms with Crippen LogP contribution in [0.15, 0.2) is 46.9 Å². The Labute approximate surface area is 140 Å². The molecule has 0 saturated carbocycles. The molecule has 0 bridgehead atoms. The summed E-state index contributed by atoms with van der Waals surface area (Å²) in [6, 6.07) is 12.7. The van der Waals surface area contributed by atoms with E-state index in [9.17, 15) is 5.11 Å². The standard InChI is InChI=1S/C19H20N2O3/c1-13-8-10-21(11-9-13)16-12-14(22)6-7-18(16)24-19-20-15-4-2-3-5-17(15)23-19/h2-7,12-13,22H,8-11H2,1H3. The number of piperidine rings is 1. The molecule has 1 aromatic heterocycles. The second-order valence-electron chi connectivity index (χ2n) is 6.37. The SMILES string of the molecule is CC1CCN(c2cc(O)ccc2Oc2nc3ccccc3o2)CC1. The minimum atomic E-state index is 0.216. The van der Waals surface area contributed by atoms with Gasteiger partial charge in [-0.25, -0.2) is 0 Å². The van der Waals surface area contributed by atoms with E-state index in [2.05, 4.69) is 16.8 Å². The number of anilines is 1. The molecule has 124 valence electrons. The number of para-hydroxylation sites is 2. The van der Waals surface area contributed by atoms with E-state index in [-0.39, 0.29) is 11.8 Å². The predicted octanol–water partition coefficient (Wildman–Crippen LogP) is 4.56. The number of aromatic hydroxyl groups is 1.